The predicted octanol–water partition coefficient (Wildman–Crippen LogP) is 2.32. The summed E-state index contributed by atoms with van der Waals surface area (Å²) in [6, 6.07) is 0. The van der Waals surface area contributed by atoms with E-state index < -0.39 is 0 Å². The first-order chi connectivity index (χ1) is 14.2. The zero-order valence-electron chi connectivity index (χ0n) is 20.9. The van der Waals surface area contributed by atoms with E-state index in [4.69, 9.17) is 0 Å². The van der Waals surface area contributed by atoms with Crippen molar-refractivity contribution in [3.63, 3.8) is 0 Å². The van der Waals surface area contributed by atoms with E-state index in [1.54, 1.807) is 16.7 Å². The molecule has 0 aliphatic carbocycles. The molecule has 31 heavy (non-hydrogen) atoms. The average Bonchev–Trinajstić information content (AvgIpc) is 2.64. The van der Waals surface area contributed by atoms with Crippen molar-refractivity contribution in [3.05, 3.63) is 0 Å². The summed E-state index contributed by atoms with van der Waals surface area (Å²) in [7, 11) is 0. The van der Waals surface area contributed by atoms with Gasteiger partial charge in [-0.05, 0) is 26.2 Å². The summed E-state index contributed by atoms with van der Waals surface area (Å²) in [5, 5.41) is 5.68. The SMILES string of the molecule is CCC(=O)N(CCNC(=O)CC(C)(C)C)CCC(=O)NCCN(C(=O)CC)C(C)(C)C. The number of carbonyl (C=O) groups excluding carboxylic acids is 4. The summed E-state index contributed by atoms with van der Waals surface area (Å²) in [5.74, 6) is -0.206. The van der Waals surface area contributed by atoms with Crippen molar-refractivity contribution in [2.24, 2.45) is 5.41 Å². The van der Waals surface area contributed by atoms with Crippen LogP contribution in [0.5, 0.6) is 0 Å². The Balaban J connectivity index is 4.51. The Morgan fingerprint density at radius 2 is 1.23 bits per heavy atom. The lowest BCUT2D eigenvalue weighted by Crippen LogP contribution is -2.49. The fourth-order valence-corrected chi connectivity index (χ4v) is 3.12. The molecule has 0 radical (unpaired) electrons. The van der Waals surface area contributed by atoms with Gasteiger partial charge in [0.05, 0.1) is 0 Å². The number of nitrogens with one attached hydrogen (secondary N) is 2. The van der Waals surface area contributed by atoms with E-state index in [1.807, 2.05) is 48.5 Å². The maximum absolute atomic E-state index is 12.2. The molecule has 8 nitrogen and oxygen atoms in total. The first kappa shape index (κ1) is 28.9. The van der Waals surface area contributed by atoms with Crippen molar-refractivity contribution < 1.29 is 19.2 Å². The number of nitrogens with zero attached hydrogens (tertiary/aromatic N) is 2. The molecule has 0 aromatic heterocycles. The molecule has 0 aromatic rings. The largest absolute Gasteiger partial charge is 0.354 e. The number of hydrogen-bond acceptors (Lipinski definition) is 4. The van der Waals surface area contributed by atoms with Crippen LogP contribution in [0.2, 0.25) is 0 Å². The topological polar surface area (TPSA) is 98.8 Å². The van der Waals surface area contributed by atoms with Crippen molar-refractivity contribution in [3.8, 4) is 0 Å². The van der Waals surface area contributed by atoms with E-state index in [-0.39, 0.29) is 41.0 Å². The molecule has 8 heteroatoms. The van der Waals surface area contributed by atoms with Gasteiger partial charge in [0.15, 0.2) is 0 Å². The molecule has 0 fully saturated rings. The van der Waals surface area contributed by atoms with Gasteiger partial charge in [-0.3, -0.25) is 19.2 Å². The lowest BCUT2D eigenvalue weighted by atomic mass is 9.92. The summed E-state index contributed by atoms with van der Waals surface area (Å²) in [5.41, 5.74) is -0.398. The molecule has 2 N–H and O–H groups in total. The van der Waals surface area contributed by atoms with Crippen LogP contribution in [-0.4, -0.2) is 71.7 Å². The zero-order valence-corrected chi connectivity index (χ0v) is 20.9. The highest BCUT2D eigenvalue weighted by Crippen LogP contribution is 2.17. The normalized spacial score (nSPS) is 11.6. The quantitative estimate of drug-likeness (QED) is 0.486. The van der Waals surface area contributed by atoms with Gasteiger partial charge >= 0.3 is 0 Å². The highest BCUT2D eigenvalue weighted by molar-refractivity contribution is 5.79. The number of hydrogen-bond donors (Lipinski definition) is 2. The molecule has 0 rings (SSSR count). The smallest absolute Gasteiger partial charge is 0.222 e. The van der Waals surface area contributed by atoms with E-state index in [0.717, 1.165) is 0 Å². The lowest BCUT2D eigenvalue weighted by molar-refractivity contribution is -0.136. The highest BCUT2D eigenvalue weighted by atomic mass is 16.2. The van der Waals surface area contributed by atoms with Gasteiger partial charge in [0.2, 0.25) is 23.6 Å². The summed E-state index contributed by atoms with van der Waals surface area (Å²) >= 11 is 0. The Labute approximate surface area is 188 Å². The molecule has 0 aromatic carbocycles. The van der Waals surface area contributed by atoms with Crippen LogP contribution < -0.4 is 10.6 Å². The van der Waals surface area contributed by atoms with Crippen LogP contribution >= 0.6 is 0 Å². The standard InChI is InChI=1S/C23H44N4O4/c1-9-20(30)26(15-12-25-19(29)17-22(3,4)5)14-11-18(28)24-13-16-27(21(31)10-2)23(6,7)8/h9-17H2,1-8H3,(H,24,28)(H,25,29). The predicted molar refractivity (Wildman–Crippen MR) is 123 cm³/mol. The number of carbonyl (C=O) groups is 4. The van der Waals surface area contributed by atoms with Gasteiger partial charge in [0, 0.05) is 63.9 Å². The van der Waals surface area contributed by atoms with Crippen molar-refractivity contribution >= 4 is 23.6 Å². The van der Waals surface area contributed by atoms with Gasteiger partial charge in [0.1, 0.15) is 0 Å². The van der Waals surface area contributed by atoms with Crippen molar-refractivity contribution in [2.75, 3.05) is 32.7 Å². The van der Waals surface area contributed by atoms with E-state index in [0.29, 0.717) is 52.0 Å². The third-order valence-corrected chi connectivity index (χ3v) is 4.73. The molecule has 0 heterocycles. The minimum atomic E-state index is -0.306. The van der Waals surface area contributed by atoms with Crippen LogP contribution in [0.25, 0.3) is 0 Å². The van der Waals surface area contributed by atoms with Crippen LogP contribution in [-0.2, 0) is 19.2 Å². The van der Waals surface area contributed by atoms with Gasteiger partial charge in [-0.2, -0.15) is 0 Å². The van der Waals surface area contributed by atoms with Gasteiger partial charge in [-0.1, -0.05) is 34.6 Å². The molecule has 4 amide bonds. The molecule has 0 bridgehead atoms. The van der Waals surface area contributed by atoms with Gasteiger partial charge < -0.3 is 20.4 Å². The second-order valence-corrected chi connectivity index (χ2v) is 9.99. The molecular weight excluding hydrogens is 396 g/mol. The van der Waals surface area contributed by atoms with Gasteiger partial charge in [-0.25, -0.2) is 0 Å². The molecule has 0 saturated carbocycles. The van der Waals surface area contributed by atoms with Crippen LogP contribution in [0.4, 0.5) is 0 Å². The van der Waals surface area contributed by atoms with Crippen molar-refractivity contribution in [2.45, 2.75) is 86.6 Å². The maximum Gasteiger partial charge on any atom is 0.222 e. The molecular formula is C23H44N4O4. The first-order valence-corrected chi connectivity index (χ1v) is 11.3. The third-order valence-electron chi connectivity index (χ3n) is 4.73. The molecule has 0 aliphatic heterocycles. The second kappa shape index (κ2) is 13.3. The van der Waals surface area contributed by atoms with E-state index in [2.05, 4.69) is 10.6 Å². The van der Waals surface area contributed by atoms with Crippen molar-refractivity contribution in [1.82, 2.24) is 20.4 Å². The summed E-state index contributed by atoms with van der Waals surface area (Å²) in [6.45, 7) is 17.3. The van der Waals surface area contributed by atoms with E-state index in [1.165, 1.54) is 0 Å². The Hall–Kier alpha value is -2.12. The Morgan fingerprint density at radius 1 is 0.710 bits per heavy atom. The number of amides is 4. The number of rotatable bonds is 12. The van der Waals surface area contributed by atoms with E-state index in [9.17, 15) is 19.2 Å². The van der Waals surface area contributed by atoms with Crippen molar-refractivity contribution in [1.29, 1.82) is 0 Å². The molecule has 0 unspecified atom stereocenters. The molecule has 0 atom stereocenters. The monoisotopic (exact) mass is 440 g/mol. The van der Waals surface area contributed by atoms with Crippen LogP contribution in [0.1, 0.15) is 81.1 Å². The Kier molecular flexibility index (Phi) is 12.4. The molecule has 180 valence electrons. The van der Waals surface area contributed by atoms with Gasteiger partial charge in [-0.15, -0.1) is 0 Å². The lowest BCUT2D eigenvalue weighted by Gasteiger charge is -2.35. The molecule has 0 aliphatic rings. The minimum Gasteiger partial charge on any atom is -0.354 e. The Bertz CT molecular complexity index is 606. The zero-order chi connectivity index (χ0) is 24.2. The first-order valence-electron chi connectivity index (χ1n) is 11.3. The molecule has 0 spiro atoms. The second-order valence-electron chi connectivity index (χ2n) is 9.99. The fraction of sp³-hybridized carbons (Fsp3) is 0.826. The van der Waals surface area contributed by atoms with Gasteiger partial charge in [0.25, 0.3) is 0 Å². The Morgan fingerprint density at radius 3 is 1.71 bits per heavy atom. The summed E-state index contributed by atoms with van der Waals surface area (Å²) < 4.78 is 0. The summed E-state index contributed by atoms with van der Waals surface area (Å²) in [6.07, 6.45) is 1.37. The minimum absolute atomic E-state index is 0.0424. The van der Waals surface area contributed by atoms with E-state index >= 15 is 0 Å². The maximum atomic E-state index is 12.2. The average molecular weight is 441 g/mol. The highest BCUT2D eigenvalue weighted by Gasteiger charge is 2.25. The summed E-state index contributed by atoms with van der Waals surface area (Å²) in [4.78, 5) is 51.9. The van der Waals surface area contributed by atoms with Crippen LogP contribution in [0.15, 0.2) is 0 Å². The third kappa shape index (κ3) is 13.0. The molecule has 0 saturated heterocycles. The van der Waals surface area contributed by atoms with Crippen LogP contribution in [0.3, 0.4) is 0 Å². The van der Waals surface area contributed by atoms with Crippen LogP contribution in [0, 0.1) is 5.41 Å². The fourth-order valence-electron chi connectivity index (χ4n) is 3.12.